The number of rotatable bonds is 3. The van der Waals surface area contributed by atoms with Gasteiger partial charge in [0, 0.05) is 25.2 Å². The van der Waals surface area contributed by atoms with E-state index >= 15 is 0 Å². The summed E-state index contributed by atoms with van der Waals surface area (Å²) in [6, 6.07) is 7.65. The van der Waals surface area contributed by atoms with Crippen molar-refractivity contribution in [1.29, 1.82) is 0 Å². The van der Waals surface area contributed by atoms with Crippen molar-refractivity contribution in [1.82, 2.24) is 4.90 Å². The summed E-state index contributed by atoms with van der Waals surface area (Å²) in [4.78, 5) is 13.8. The van der Waals surface area contributed by atoms with Crippen LogP contribution in [0.5, 0.6) is 0 Å². The number of hydrogen-bond acceptors (Lipinski definition) is 3. The van der Waals surface area contributed by atoms with E-state index in [-0.39, 0.29) is 12.0 Å². The van der Waals surface area contributed by atoms with E-state index in [4.69, 9.17) is 5.73 Å². The first-order valence-corrected chi connectivity index (χ1v) is 6.46. The smallest absolute Gasteiger partial charge is 0.222 e. The summed E-state index contributed by atoms with van der Waals surface area (Å²) < 4.78 is 0. The number of aliphatic hydroxyl groups excluding tert-OH is 1. The second-order valence-electron chi connectivity index (χ2n) is 4.81. The first kappa shape index (κ1) is 12.9. The van der Waals surface area contributed by atoms with Crippen LogP contribution in [0, 0.1) is 0 Å². The summed E-state index contributed by atoms with van der Waals surface area (Å²) in [6.07, 6.45) is 2.33. The molecule has 3 N–H and O–H groups in total. The van der Waals surface area contributed by atoms with Crippen LogP contribution in [-0.2, 0) is 11.2 Å². The molecule has 1 saturated heterocycles. The zero-order valence-electron chi connectivity index (χ0n) is 10.5. The lowest BCUT2D eigenvalue weighted by Crippen LogP contribution is -2.40. The maximum Gasteiger partial charge on any atom is 0.222 e. The number of carbonyl (C=O) groups is 1. The van der Waals surface area contributed by atoms with E-state index in [9.17, 15) is 9.90 Å². The highest BCUT2D eigenvalue weighted by atomic mass is 16.3. The molecule has 1 amide bonds. The average molecular weight is 248 g/mol. The highest BCUT2D eigenvalue weighted by Crippen LogP contribution is 2.15. The summed E-state index contributed by atoms with van der Waals surface area (Å²) in [5.74, 6) is 0.158. The van der Waals surface area contributed by atoms with Crippen molar-refractivity contribution in [2.45, 2.75) is 31.8 Å². The number of hydrogen-bond donors (Lipinski definition) is 2. The number of carbonyl (C=O) groups excluding carboxylic acids is 1. The highest BCUT2D eigenvalue weighted by Gasteiger charge is 2.20. The third kappa shape index (κ3) is 3.23. The molecule has 0 aliphatic carbocycles. The Labute approximate surface area is 107 Å². The summed E-state index contributed by atoms with van der Waals surface area (Å²) in [5, 5.41) is 9.40. The van der Waals surface area contributed by atoms with Crippen LogP contribution >= 0.6 is 0 Å². The molecule has 0 unspecified atom stereocenters. The highest BCUT2D eigenvalue weighted by molar-refractivity contribution is 5.76. The third-order valence-corrected chi connectivity index (χ3v) is 3.48. The molecule has 98 valence electrons. The molecule has 0 saturated carbocycles. The Kier molecular flexibility index (Phi) is 4.20. The van der Waals surface area contributed by atoms with Crippen molar-refractivity contribution in [3.05, 3.63) is 29.8 Å². The van der Waals surface area contributed by atoms with Gasteiger partial charge in [-0.25, -0.2) is 0 Å². The minimum absolute atomic E-state index is 0.158. The van der Waals surface area contributed by atoms with Gasteiger partial charge in [0.05, 0.1) is 6.10 Å². The SMILES string of the molecule is Nc1ccccc1CCC(=O)N1CCC(O)CC1. The minimum Gasteiger partial charge on any atom is -0.399 e. The van der Waals surface area contributed by atoms with Crippen LogP contribution in [0.4, 0.5) is 5.69 Å². The number of anilines is 1. The summed E-state index contributed by atoms with van der Waals surface area (Å²) >= 11 is 0. The molecule has 1 aromatic rings. The Morgan fingerprint density at radius 3 is 2.67 bits per heavy atom. The van der Waals surface area contributed by atoms with Crippen LogP contribution in [0.3, 0.4) is 0 Å². The number of piperidine rings is 1. The number of para-hydroxylation sites is 1. The van der Waals surface area contributed by atoms with Crippen LogP contribution in [0.1, 0.15) is 24.8 Å². The Balaban J connectivity index is 1.83. The monoisotopic (exact) mass is 248 g/mol. The molecule has 0 aromatic heterocycles. The number of amides is 1. The van der Waals surface area contributed by atoms with E-state index in [2.05, 4.69) is 0 Å². The molecular formula is C14H20N2O2. The van der Waals surface area contributed by atoms with Gasteiger partial charge in [-0.05, 0) is 30.9 Å². The molecule has 18 heavy (non-hydrogen) atoms. The van der Waals surface area contributed by atoms with Gasteiger partial charge in [0.15, 0.2) is 0 Å². The van der Waals surface area contributed by atoms with Crippen molar-refractivity contribution in [3.8, 4) is 0 Å². The molecule has 4 heteroatoms. The van der Waals surface area contributed by atoms with Crippen LogP contribution < -0.4 is 5.73 Å². The summed E-state index contributed by atoms with van der Waals surface area (Å²) in [7, 11) is 0. The molecule has 1 aliphatic heterocycles. The number of benzene rings is 1. The topological polar surface area (TPSA) is 66.6 Å². The lowest BCUT2D eigenvalue weighted by Gasteiger charge is -2.29. The van der Waals surface area contributed by atoms with Gasteiger partial charge in [0.2, 0.25) is 5.91 Å². The summed E-state index contributed by atoms with van der Waals surface area (Å²) in [6.45, 7) is 1.34. The van der Waals surface area contributed by atoms with Gasteiger partial charge in [-0.15, -0.1) is 0 Å². The van der Waals surface area contributed by atoms with E-state index in [1.54, 1.807) is 0 Å². The quantitative estimate of drug-likeness (QED) is 0.789. The molecule has 1 aliphatic rings. The van der Waals surface area contributed by atoms with Crippen molar-refractivity contribution in [2.24, 2.45) is 0 Å². The fourth-order valence-corrected chi connectivity index (χ4v) is 2.28. The van der Waals surface area contributed by atoms with E-state index in [0.29, 0.717) is 38.8 Å². The Morgan fingerprint density at radius 2 is 2.00 bits per heavy atom. The van der Waals surface area contributed by atoms with Gasteiger partial charge >= 0.3 is 0 Å². The number of aliphatic hydroxyl groups is 1. The van der Waals surface area contributed by atoms with Gasteiger partial charge in [-0.3, -0.25) is 4.79 Å². The van der Waals surface area contributed by atoms with Gasteiger partial charge < -0.3 is 15.7 Å². The second kappa shape index (κ2) is 5.87. The first-order chi connectivity index (χ1) is 8.66. The van der Waals surface area contributed by atoms with Crippen molar-refractivity contribution < 1.29 is 9.90 Å². The van der Waals surface area contributed by atoms with Crippen molar-refractivity contribution in [2.75, 3.05) is 18.8 Å². The summed E-state index contributed by atoms with van der Waals surface area (Å²) in [5.41, 5.74) is 7.63. The van der Waals surface area contributed by atoms with Gasteiger partial charge in [-0.2, -0.15) is 0 Å². The molecule has 1 heterocycles. The largest absolute Gasteiger partial charge is 0.399 e. The third-order valence-electron chi connectivity index (χ3n) is 3.48. The molecule has 4 nitrogen and oxygen atoms in total. The number of likely N-dealkylation sites (tertiary alicyclic amines) is 1. The normalized spacial score (nSPS) is 16.8. The van der Waals surface area contributed by atoms with E-state index < -0.39 is 0 Å². The van der Waals surface area contributed by atoms with Crippen LogP contribution in [0.15, 0.2) is 24.3 Å². The van der Waals surface area contributed by atoms with Gasteiger partial charge in [0.1, 0.15) is 0 Å². The van der Waals surface area contributed by atoms with Gasteiger partial charge in [-0.1, -0.05) is 18.2 Å². The van der Waals surface area contributed by atoms with E-state index in [0.717, 1.165) is 11.3 Å². The molecule has 2 rings (SSSR count). The number of nitrogen functional groups attached to an aromatic ring is 1. The molecule has 1 fully saturated rings. The zero-order chi connectivity index (χ0) is 13.0. The van der Waals surface area contributed by atoms with Crippen LogP contribution in [-0.4, -0.2) is 35.1 Å². The lowest BCUT2D eigenvalue weighted by molar-refractivity contribution is -0.133. The first-order valence-electron chi connectivity index (χ1n) is 6.46. The predicted octanol–water partition coefficient (Wildman–Crippen LogP) is 1.18. The second-order valence-corrected chi connectivity index (χ2v) is 4.81. The molecule has 0 bridgehead atoms. The molecule has 1 aromatic carbocycles. The maximum absolute atomic E-state index is 12.0. The van der Waals surface area contributed by atoms with Crippen LogP contribution in [0.2, 0.25) is 0 Å². The number of nitrogens with zero attached hydrogens (tertiary/aromatic N) is 1. The Bertz CT molecular complexity index is 412. The Morgan fingerprint density at radius 1 is 1.33 bits per heavy atom. The average Bonchev–Trinajstić information content (AvgIpc) is 2.38. The van der Waals surface area contributed by atoms with Crippen molar-refractivity contribution in [3.63, 3.8) is 0 Å². The molecule has 0 atom stereocenters. The lowest BCUT2D eigenvalue weighted by atomic mass is 10.0. The zero-order valence-corrected chi connectivity index (χ0v) is 10.5. The Hall–Kier alpha value is -1.55. The van der Waals surface area contributed by atoms with E-state index in [1.165, 1.54) is 0 Å². The minimum atomic E-state index is -0.237. The number of nitrogens with two attached hydrogens (primary N) is 1. The standard InChI is InChI=1S/C14H20N2O2/c15-13-4-2-1-3-11(13)5-6-14(18)16-9-7-12(17)8-10-16/h1-4,12,17H,5-10,15H2. The number of aryl methyl sites for hydroxylation is 1. The molecule has 0 spiro atoms. The fraction of sp³-hybridized carbons (Fsp3) is 0.500. The van der Waals surface area contributed by atoms with E-state index in [1.807, 2.05) is 29.2 Å². The molecule has 0 radical (unpaired) electrons. The predicted molar refractivity (Wildman–Crippen MR) is 71.0 cm³/mol. The molecular weight excluding hydrogens is 228 g/mol. The van der Waals surface area contributed by atoms with Crippen molar-refractivity contribution >= 4 is 11.6 Å². The van der Waals surface area contributed by atoms with Gasteiger partial charge in [0.25, 0.3) is 0 Å². The maximum atomic E-state index is 12.0. The fourth-order valence-electron chi connectivity index (χ4n) is 2.28. The van der Waals surface area contributed by atoms with Crippen LogP contribution in [0.25, 0.3) is 0 Å².